The summed E-state index contributed by atoms with van der Waals surface area (Å²) in [6, 6.07) is 0. The van der Waals surface area contributed by atoms with Crippen LogP contribution in [0.4, 0.5) is 0 Å². The maximum absolute atomic E-state index is 10.7. The average molecular weight is 146 g/mol. The predicted octanol–water partition coefficient (Wildman–Crippen LogP) is -1.22. The molecule has 0 radical (unpaired) electrons. The molecule has 1 aliphatic rings. The fraction of sp³-hybridized carbons (Fsp3) is 0.833. The Morgan fingerprint density at radius 2 is 2.10 bits per heavy atom. The summed E-state index contributed by atoms with van der Waals surface area (Å²) < 4.78 is 0. The van der Waals surface area contributed by atoms with Crippen molar-refractivity contribution in [3.8, 4) is 0 Å². The van der Waals surface area contributed by atoms with E-state index in [1.165, 1.54) is 0 Å². The summed E-state index contributed by atoms with van der Waals surface area (Å²) in [5.74, 6) is -3.18. The van der Waals surface area contributed by atoms with Gasteiger partial charge in [0.1, 0.15) is 6.10 Å². The van der Waals surface area contributed by atoms with Gasteiger partial charge in [-0.15, -0.1) is 0 Å². The Morgan fingerprint density at radius 1 is 1.50 bits per heavy atom. The molecule has 0 aromatic rings. The Hall–Kier alpha value is -0.450. The maximum atomic E-state index is 10.7. The van der Waals surface area contributed by atoms with Crippen LogP contribution in [0.5, 0.6) is 0 Å². The molecule has 0 aliphatic heterocycles. The number of hydrogen-bond donors (Lipinski definition) is 3. The lowest BCUT2D eigenvalue weighted by molar-refractivity contribution is -0.226. The molecular weight excluding hydrogens is 136 g/mol. The topological polar surface area (TPSA) is 77.8 Å². The molecule has 0 heterocycles. The second kappa shape index (κ2) is 2.30. The number of rotatable bonds is 0. The molecule has 0 bridgehead atoms. The number of carbonyl (C=O) groups excluding carboxylic acids is 1. The van der Waals surface area contributed by atoms with E-state index in [4.69, 9.17) is 15.3 Å². The van der Waals surface area contributed by atoms with Crippen LogP contribution in [0.25, 0.3) is 0 Å². The smallest absolute Gasteiger partial charge is 0.250 e. The van der Waals surface area contributed by atoms with Gasteiger partial charge in [-0.1, -0.05) is 0 Å². The number of hydrogen-bond acceptors (Lipinski definition) is 4. The molecule has 58 valence electrons. The van der Waals surface area contributed by atoms with Gasteiger partial charge in [0, 0.05) is 6.42 Å². The van der Waals surface area contributed by atoms with E-state index in [1.54, 1.807) is 0 Å². The molecule has 0 saturated heterocycles. The number of aliphatic hydroxyl groups is 3. The highest BCUT2D eigenvalue weighted by atomic mass is 16.5. The van der Waals surface area contributed by atoms with Crippen LogP contribution in [0.1, 0.15) is 19.3 Å². The molecule has 1 rings (SSSR count). The lowest BCUT2D eigenvalue weighted by atomic mass is 9.90. The molecule has 3 N–H and O–H groups in total. The second-order valence-corrected chi connectivity index (χ2v) is 2.56. The fourth-order valence-electron chi connectivity index (χ4n) is 1.03. The van der Waals surface area contributed by atoms with Crippen molar-refractivity contribution in [3.63, 3.8) is 0 Å². The van der Waals surface area contributed by atoms with Crippen molar-refractivity contribution in [2.24, 2.45) is 0 Å². The molecule has 1 aliphatic carbocycles. The number of Topliss-reactive ketones (excluding diaryl/α,β-unsaturated/α-hetero) is 1. The van der Waals surface area contributed by atoms with E-state index < -0.39 is 17.7 Å². The lowest BCUT2D eigenvalue weighted by Crippen LogP contribution is -2.51. The summed E-state index contributed by atoms with van der Waals surface area (Å²) in [5, 5.41) is 26.6. The van der Waals surface area contributed by atoms with Crippen molar-refractivity contribution in [3.05, 3.63) is 0 Å². The summed E-state index contributed by atoms with van der Waals surface area (Å²) in [7, 11) is 0. The van der Waals surface area contributed by atoms with Crippen LogP contribution in [0.3, 0.4) is 0 Å². The van der Waals surface area contributed by atoms with Gasteiger partial charge in [0.15, 0.2) is 5.78 Å². The molecule has 1 fully saturated rings. The van der Waals surface area contributed by atoms with Gasteiger partial charge in [-0.25, -0.2) is 0 Å². The summed E-state index contributed by atoms with van der Waals surface area (Å²) >= 11 is 0. The first kappa shape index (κ1) is 7.65. The van der Waals surface area contributed by atoms with Crippen LogP contribution in [-0.4, -0.2) is 33.0 Å². The van der Waals surface area contributed by atoms with Gasteiger partial charge in [0.25, 0.3) is 5.79 Å². The van der Waals surface area contributed by atoms with E-state index in [1.807, 2.05) is 0 Å². The van der Waals surface area contributed by atoms with E-state index in [0.29, 0.717) is 6.42 Å². The fourth-order valence-corrected chi connectivity index (χ4v) is 1.03. The Balaban J connectivity index is 2.73. The summed E-state index contributed by atoms with van der Waals surface area (Å²) in [6.07, 6.45) is -0.361. The van der Waals surface area contributed by atoms with Crippen LogP contribution < -0.4 is 0 Å². The van der Waals surface area contributed by atoms with E-state index >= 15 is 0 Å². The Morgan fingerprint density at radius 3 is 2.50 bits per heavy atom. The van der Waals surface area contributed by atoms with E-state index in [9.17, 15) is 4.79 Å². The Kier molecular flexibility index (Phi) is 1.76. The summed E-state index contributed by atoms with van der Waals surface area (Å²) in [6.45, 7) is 0. The first-order valence-electron chi connectivity index (χ1n) is 3.21. The van der Waals surface area contributed by atoms with Gasteiger partial charge in [0.2, 0.25) is 0 Å². The number of carbonyl (C=O) groups is 1. The number of ketones is 1. The van der Waals surface area contributed by atoms with Gasteiger partial charge in [0.05, 0.1) is 0 Å². The second-order valence-electron chi connectivity index (χ2n) is 2.56. The van der Waals surface area contributed by atoms with Crippen LogP contribution in [-0.2, 0) is 4.79 Å². The third-order valence-electron chi connectivity index (χ3n) is 1.76. The molecule has 0 aromatic heterocycles. The van der Waals surface area contributed by atoms with Gasteiger partial charge in [-0.3, -0.25) is 4.79 Å². The molecule has 1 atom stereocenters. The third-order valence-corrected chi connectivity index (χ3v) is 1.76. The normalized spacial score (nSPS) is 32.3. The first-order valence-corrected chi connectivity index (χ1v) is 3.21. The molecule has 0 amide bonds. The van der Waals surface area contributed by atoms with E-state index in [2.05, 4.69) is 0 Å². The number of aliphatic hydroxyl groups excluding tert-OH is 1. The maximum Gasteiger partial charge on any atom is 0.250 e. The minimum atomic E-state index is -2.49. The van der Waals surface area contributed by atoms with Gasteiger partial charge < -0.3 is 15.3 Å². The molecule has 0 aromatic carbocycles. The van der Waals surface area contributed by atoms with E-state index in [0.717, 1.165) is 0 Å². The zero-order valence-electron chi connectivity index (χ0n) is 5.45. The van der Waals surface area contributed by atoms with Crippen molar-refractivity contribution < 1.29 is 20.1 Å². The van der Waals surface area contributed by atoms with Gasteiger partial charge in [-0.2, -0.15) is 0 Å². The van der Waals surface area contributed by atoms with Crippen LogP contribution in [0.2, 0.25) is 0 Å². The molecule has 1 saturated carbocycles. The van der Waals surface area contributed by atoms with E-state index in [-0.39, 0.29) is 12.8 Å². The first-order chi connectivity index (χ1) is 4.55. The van der Waals surface area contributed by atoms with Crippen molar-refractivity contribution in [2.45, 2.75) is 31.2 Å². The highest BCUT2D eigenvalue weighted by molar-refractivity contribution is 5.86. The third kappa shape index (κ3) is 1.05. The molecule has 0 spiro atoms. The zero-order chi connectivity index (χ0) is 7.78. The van der Waals surface area contributed by atoms with Crippen molar-refractivity contribution in [1.29, 1.82) is 0 Å². The molecule has 4 nitrogen and oxygen atoms in total. The monoisotopic (exact) mass is 146 g/mol. The van der Waals surface area contributed by atoms with Gasteiger partial charge >= 0.3 is 0 Å². The molecule has 1 unspecified atom stereocenters. The SMILES string of the molecule is O=C1CCCC(O)C1(O)O. The summed E-state index contributed by atoms with van der Waals surface area (Å²) in [4.78, 5) is 10.7. The Labute approximate surface area is 58.1 Å². The molecular formula is C6H10O4. The van der Waals surface area contributed by atoms with Gasteiger partial charge in [-0.05, 0) is 12.8 Å². The van der Waals surface area contributed by atoms with Crippen LogP contribution in [0.15, 0.2) is 0 Å². The largest absolute Gasteiger partial charge is 0.387 e. The van der Waals surface area contributed by atoms with Crippen molar-refractivity contribution in [2.75, 3.05) is 0 Å². The lowest BCUT2D eigenvalue weighted by Gasteiger charge is -2.29. The van der Waals surface area contributed by atoms with Crippen LogP contribution >= 0.6 is 0 Å². The predicted molar refractivity (Wildman–Crippen MR) is 32.0 cm³/mol. The molecule has 4 heteroatoms. The standard InChI is InChI=1S/C6H10O4/c7-4-2-1-3-5(8)6(4,9)10/h4,7,9-10H,1-3H2. The van der Waals surface area contributed by atoms with Crippen molar-refractivity contribution in [1.82, 2.24) is 0 Å². The quantitative estimate of drug-likeness (QED) is 0.374. The highest BCUT2D eigenvalue weighted by Crippen LogP contribution is 2.22. The average Bonchev–Trinajstić information content (AvgIpc) is 1.84. The molecule has 10 heavy (non-hydrogen) atoms. The Bertz CT molecular complexity index is 152. The minimum absolute atomic E-state index is 0.143. The van der Waals surface area contributed by atoms with Crippen molar-refractivity contribution >= 4 is 5.78 Å². The van der Waals surface area contributed by atoms with Crippen LogP contribution in [0, 0.1) is 0 Å². The summed E-state index contributed by atoms with van der Waals surface area (Å²) in [5.41, 5.74) is 0. The zero-order valence-corrected chi connectivity index (χ0v) is 5.45. The highest BCUT2D eigenvalue weighted by Gasteiger charge is 2.43. The minimum Gasteiger partial charge on any atom is -0.387 e.